The van der Waals surface area contributed by atoms with Crippen LogP contribution in [0, 0.1) is 17.0 Å². The Labute approximate surface area is 171 Å². The number of nitro groups is 1. The topological polar surface area (TPSA) is 101 Å². The molecule has 0 radical (unpaired) electrons. The molecule has 2 amide bonds. The van der Waals surface area contributed by atoms with E-state index in [-0.39, 0.29) is 17.2 Å². The summed E-state index contributed by atoms with van der Waals surface area (Å²) in [5, 5.41) is 16.8. The van der Waals surface area contributed by atoms with Crippen molar-refractivity contribution in [1.29, 1.82) is 0 Å². The first-order valence-corrected chi connectivity index (χ1v) is 8.95. The number of amides is 2. The molecule has 0 aromatic heterocycles. The van der Waals surface area contributed by atoms with Crippen LogP contribution in [0.25, 0.3) is 0 Å². The molecule has 0 bridgehead atoms. The van der Waals surface area contributed by atoms with E-state index in [9.17, 15) is 19.7 Å². The lowest BCUT2D eigenvalue weighted by Crippen LogP contribution is -2.14. The first-order valence-electron chi connectivity index (χ1n) is 8.57. The minimum absolute atomic E-state index is 0.126. The van der Waals surface area contributed by atoms with Gasteiger partial charge in [0.2, 0.25) is 0 Å². The van der Waals surface area contributed by atoms with E-state index in [1.807, 2.05) is 0 Å². The molecular formula is C21H16ClN3O4. The van der Waals surface area contributed by atoms with Gasteiger partial charge in [0.25, 0.3) is 17.5 Å². The van der Waals surface area contributed by atoms with Crippen LogP contribution < -0.4 is 10.6 Å². The van der Waals surface area contributed by atoms with Crippen LogP contribution in [0.2, 0.25) is 5.02 Å². The van der Waals surface area contributed by atoms with Gasteiger partial charge in [-0.3, -0.25) is 19.7 Å². The maximum atomic E-state index is 12.5. The fraction of sp³-hybridized carbons (Fsp3) is 0.0476. The first-order chi connectivity index (χ1) is 13.8. The number of carbonyl (C=O) groups excluding carboxylic acids is 2. The molecule has 146 valence electrons. The third kappa shape index (κ3) is 4.77. The van der Waals surface area contributed by atoms with Crippen LogP contribution in [0.15, 0.2) is 66.7 Å². The lowest BCUT2D eigenvalue weighted by molar-refractivity contribution is -0.385. The summed E-state index contributed by atoms with van der Waals surface area (Å²) in [5.41, 5.74) is 1.72. The van der Waals surface area contributed by atoms with E-state index in [1.54, 1.807) is 55.5 Å². The molecule has 7 nitrogen and oxygen atoms in total. The van der Waals surface area contributed by atoms with Crippen molar-refractivity contribution in [1.82, 2.24) is 0 Å². The number of aryl methyl sites for hydroxylation is 1. The summed E-state index contributed by atoms with van der Waals surface area (Å²) in [6.07, 6.45) is 0. The summed E-state index contributed by atoms with van der Waals surface area (Å²) in [6, 6.07) is 17.5. The Morgan fingerprint density at radius 3 is 2.21 bits per heavy atom. The van der Waals surface area contributed by atoms with Gasteiger partial charge in [0, 0.05) is 28.6 Å². The van der Waals surface area contributed by atoms with Crippen LogP contribution >= 0.6 is 11.6 Å². The Balaban J connectivity index is 1.75. The summed E-state index contributed by atoms with van der Waals surface area (Å²) in [6.45, 7) is 1.60. The number of anilines is 2. The second-order valence-corrected chi connectivity index (χ2v) is 6.63. The number of carbonyl (C=O) groups is 2. The normalized spacial score (nSPS) is 10.3. The van der Waals surface area contributed by atoms with Gasteiger partial charge in [0.05, 0.1) is 15.5 Å². The fourth-order valence-corrected chi connectivity index (χ4v) is 2.89. The molecule has 0 saturated carbocycles. The zero-order valence-corrected chi connectivity index (χ0v) is 16.1. The Bertz CT molecular complexity index is 1110. The van der Waals surface area contributed by atoms with Crippen molar-refractivity contribution in [3.63, 3.8) is 0 Å². The van der Waals surface area contributed by atoms with Gasteiger partial charge >= 0.3 is 0 Å². The summed E-state index contributed by atoms with van der Waals surface area (Å²) < 4.78 is 0. The number of nitrogens with zero attached hydrogens (tertiary/aromatic N) is 1. The smallest absolute Gasteiger partial charge is 0.273 e. The van der Waals surface area contributed by atoms with Gasteiger partial charge in [0.1, 0.15) is 0 Å². The molecule has 8 heteroatoms. The van der Waals surface area contributed by atoms with Crippen LogP contribution in [0.5, 0.6) is 0 Å². The molecule has 3 aromatic rings. The highest BCUT2D eigenvalue weighted by atomic mass is 35.5. The predicted octanol–water partition coefficient (Wildman–Crippen LogP) is 5.06. The van der Waals surface area contributed by atoms with Crippen LogP contribution in [0.4, 0.5) is 17.1 Å². The number of nitro benzene ring substituents is 1. The molecular weight excluding hydrogens is 394 g/mol. The molecule has 0 aliphatic carbocycles. The highest BCUT2D eigenvalue weighted by Crippen LogP contribution is 2.22. The number of halogens is 1. The number of hydrogen-bond donors (Lipinski definition) is 2. The van der Waals surface area contributed by atoms with Crippen molar-refractivity contribution in [2.75, 3.05) is 10.6 Å². The predicted molar refractivity (Wildman–Crippen MR) is 112 cm³/mol. The van der Waals surface area contributed by atoms with Gasteiger partial charge in [-0.05, 0) is 43.3 Å². The van der Waals surface area contributed by atoms with E-state index in [2.05, 4.69) is 10.6 Å². The highest BCUT2D eigenvalue weighted by Gasteiger charge is 2.15. The van der Waals surface area contributed by atoms with Crippen LogP contribution in [-0.2, 0) is 0 Å². The number of hydrogen-bond acceptors (Lipinski definition) is 4. The van der Waals surface area contributed by atoms with E-state index in [4.69, 9.17) is 11.6 Å². The molecule has 3 aromatic carbocycles. The van der Waals surface area contributed by atoms with Crippen molar-refractivity contribution in [2.45, 2.75) is 6.92 Å². The number of rotatable bonds is 5. The lowest BCUT2D eigenvalue weighted by Gasteiger charge is -2.10. The van der Waals surface area contributed by atoms with Gasteiger partial charge in [0.15, 0.2) is 0 Å². The SMILES string of the molecule is Cc1ccc(C(=O)Nc2cccc(NC(=O)c3ccccc3Cl)c2)cc1[N+](=O)[O-]. The minimum atomic E-state index is -0.531. The van der Waals surface area contributed by atoms with E-state index < -0.39 is 10.8 Å². The van der Waals surface area contributed by atoms with E-state index in [0.29, 0.717) is 27.5 Å². The van der Waals surface area contributed by atoms with E-state index in [0.717, 1.165) is 0 Å². The van der Waals surface area contributed by atoms with Gasteiger partial charge in [-0.1, -0.05) is 35.9 Å². The summed E-state index contributed by atoms with van der Waals surface area (Å²) >= 11 is 6.03. The molecule has 0 atom stereocenters. The summed E-state index contributed by atoms with van der Waals surface area (Å²) in [4.78, 5) is 35.4. The highest BCUT2D eigenvalue weighted by molar-refractivity contribution is 6.34. The third-order valence-electron chi connectivity index (χ3n) is 4.16. The Morgan fingerprint density at radius 1 is 0.897 bits per heavy atom. The summed E-state index contributed by atoms with van der Waals surface area (Å²) in [5.74, 6) is -0.879. The van der Waals surface area contributed by atoms with Crippen molar-refractivity contribution in [3.05, 3.63) is 98.6 Å². The van der Waals surface area contributed by atoms with Gasteiger partial charge < -0.3 is 10.6 Å². The van der Waals surface area contributed by atoms with Crippen molar-refractivity contribution < 1.29 is 14.5 Å². The fourth-order valence-electron chi connectivity index (χ4n) is 2.67. The van der Waals surface area contributed by atoms with Gasteiger partial charge in [-0.15, -0.1) is 0 Å². The van der Waals surface area contributed by atoms with E-state index in [1.165, 1.54) is 18.2 Å². The second kappa shape index (κ2) is 8.53. The van der Waals surface area contributed by atoms with Gasteiger partial charge in [-0.2, -0.15) is 0 Å². The molecule has 3 rings (SSSR count). The molecule has 29 heavy (non-hydrogen) atoms. The maximum Gasteiger partial charge on any atom is 0.273 e. The van der Waals surface area contributed by atoms with Gasteiger partial charge in [-0.25, -0.2) is 0 Å². The van der Waals surface area contributed by atoms with Crippen LogP contribution in [0.1, 0.15) is 26.3 Å². The minimum Gasteiger partial charge on any atom is -0.322 e. The Kier molecular flexibility index (Phi) is 5.90. The quantitative estimate of drug-likeness (QED) is 0.454. The Morgan fingerprint density at radius 2 is 1.55 bits per heavy atom. The molecule has 0 saturated heterocycles. The molecule has 0 fully saturated rings. The van der Waals surface area contributed by atoms with Crippen LogP contribution in [-0.4, -0.2) is 16.7 Å². The monoisotopic (exact) mass is 409 g/mol. The van der Waals surface area contributed by atoms with Crippen LogP contribution in [0.3, 0.4) is 0 Å². The molecule has 0 unspecified atom stereocenters. The van der Waals surface area contributed by atoms with E-state index >= 15 is 0 Å². The average Bonchev–Trinajstić information content (AvgIpc) is 2.68. The summed E-state index contributed by atoms with van der Waals surface area (Å²) in [7, 11) is 0. The molecule has 0 aliphatic heterocycles. The zero-order valence-electron chi connectivity index (χ0n) is 15.3. The van der Waals surface area contributed by atoms with Crippen molar-refractivity contribution in [3.8, 4) is 0 Å². The van der Waals surface area contributed by atoms with Crippen molar-refractivity contribution >= 4 is 40.5 Å². The maximum absolute atomic E-state index is 12.5. The van der Waals surface area contributed by atoms with Crippen molar-refractivity contribution in [2.24, 2.45) is 0 Å². The average molecular weight is 410 g/mol. The molecule has 0 spiro atoms. The molecule has 0 heterocycles. The second-order valence-electron chi connectivity index (χ2n) is 6.23. The standard InChI is InChI=1S/C21H16ClN3O4/c1-13-9-10-14(11-19(13)25(28)29)20(26)23-15-5-4-6-16(12-15)24-21(27)17-7-2-3-8-18(17)22/h2-12H,1H3,(H,23,26)(H,24,27). The largest absolute Gasteiger partial charge is 0.322 e. The first kappa shape index (κ1) is 20.0. The number of nitrogens with one attached hydrogen (secondary N) is 2. The third-order valence-corrected chi connectivity index (χ3v) is 4.49. The Hall–Kier alpha value is -3.71. The molecule has 2 N–H and O–H groups in total. The zero-order chi connectivity index (χ0) is 21.0. The lowest BCUT2D eigenvalue weighted by atomic mass is 10.1. The number of benzene rings is 3. The molecule has 0 aliphatic rings.